The highest BCUT2D eigenvalue weighted by Gasteiger charge is 2.17. The molecule has 3 rings (SSSR count). The van der Waals surface area contributed by atoms with Gasteiger partial charge in [-0.05, 0) is 42.8 Å². The maximum atomic E-state index is 11.6. The molecule has 1 atom stereocenters. The SMILES string of the molecule is COc1ccc(-c2cc(C)nc(S[C@@H](C(=O)[O-])c3ccccc3)n2)cc1. The minimum absolute atomic E-state index is 0.397. The summed E-state index contributed by atoms with van der Waals surface area (Å²) in [7, 11) is 1.61. The number of hydrogen-bond donors (Lipinski definition) is 0. The van der Waals surface area contributed by atoms with E-state index < -0.39 is 11.2 Å². The Morgan fingerprint density at radius 1 is 1.08 bits per heavy atom. The molecular weight excluding hydrogens is 348 g/mol. The summed E-state index contributed by atoms with van der Waals surface area (Å²) in [4.78, 5) is 20.5. The van der Waals surface area contributed by atoms with Gasteiger partial charge in [-0.1, -0.05) is 42.1 Å². The molecule has 132 valence electrons. The van der Waals surface area contributed by atoms with Crippen molar-refractivity contribution in [2.24, 2.45) is 0 Å². The lowest BCUT2D eigenvalue weighted by Crippen LogP contribution is -2.28. The number of benzene rings is 2. The number of aliphatic carboxylic acids is 1. The third kappa shape index (κ3) is 4.21. The maximum absolute atomic E-state index is 11.6. The van der Waals surface area contributed by atoms with Gasteiger partial charge >= 0.3 is 0 Å². The van der Waals surface area contributed by atoms with E-state index in [1.165, 1.54) is 0 Å². The van der Waals surface area contributed by atoms with Gasteiger partial charge in [0.15, 0.2) is 5.16 Å². The van der Waals surface area contributed by atoms with Crippen molar-refractivity contribution in [1.29, 1.82) is 0 Å². The molecule has 5 nitrogen and oxygen atoms in total. The number of hydrogen-bond acceptors (Lipinski definition) is 6. The van der Waals surface area contributed by atoms with E-state index in [0.717, 1.165) is 34.5 Å². The number of ether oxygens (including phenoxy) is 1. The van der Waals surface area contributed by atoms with E-state index in [-0.39, 0.29) is 0 Å². The summed E-state index contributed by atoms with van der Waals surface area (Å²) < 4.78 is 5.17. The average Bonchev–Trinajstić information content (AvgIpc) is 2.66. The van der Waals surface area contributed by atoms with Gasteiger partial charge in [-0.3, -0.25) is 0 Å². The highest BCUT2D eigenvalue weighted by atomic mass is 32.2. The summed E-state index contributed by atoms with van der Waals surface area (Å²) in [5.74, 6) is -0.410. The lowest BCUT2D eigenvalue weighted by atomic mass is 10.1. The number of carbonyl (C=O) groups is 1. The number of thioether (sulfide) groups is 1. The average molecular weight is 365 g/mol. The van der Waals surface area contributed by atoms with Crippen LogP contribution in [-0.4, -0.2) is 23.0 Å². The van der Waals surface area contributed by atoms with Crippen molar-refractivity contribution >= 4 is 17.7 Å². The second-order valence-corrected chi connectivity index (χ2v) is 6.71. The molecular formula is C20H17N2O3S-. The number of rotatable bonds is 6. The first-order chi connectivity index (χ1) is 12.6. The number of aryl methyl sites for hydroxylation is 1. The molecule has 0 N–H and O–H groups in total. The third-order valence-electron chi connectivity index (χ3n) is 3.76. The van der Waals surface area contributed by atoms with E-state index in [4.69, 9.17) is 4.74 Å². The summed E-state index contributed by atoms with van der Waals surface area (Å²) in [6.07, 6.45) is 0. The normalized spacial score (nSPS) is 11.8. The smallest absolute Gasteiger partial charge is 0.189 e. The Bertz CT molecular complexity index is 899. The number of carboxylic acid groups (broad SMARTS) is 1. The second-order valence-electron chi connectivity index (χ2n) is 5.63. The predicted molar refractivity (Wildman–Crippen MR) is 98.8 cm³/mol. The van der Waals surface area contributed by atoms with Crippen LogP contribution in [0.1, 0.15) is 16.5 Å². The van der Waals surface area contributed by atoms with Gasteiger partial charge in [0.05, 0.1) is 24.0 Å². The number of nitrogens with zero attached hydrogens (tertiary/aromatic N) is 2. The lowest BCUT2D eigenvalue weighted by molar-refractivity contribution is -0.305. The summed E-state index contributed by atoms with van der Waals surface area (Å²) in [5.41, 5.74) is 3.04. The standard InChI is InChI=1S/C20H18N2O3S/c1-13-12-17(14-8-10-16(25-2)11-9-14)22-20(21-13)26-18(19(23)24)15-6-4-3-5-7-15/h3-12,18H,1-2H3,(H,23,24)/p-1/t18-/m1/s1. The van der Waals surface area contributed by atoms with Gasteiger partial charge in [0.25, 0.3) is 0 Å². The summed E-state index contributed by atoms with van der Waals surface area (Å²) in [5, 5.41) is 11.1. The predicted octanol–water partition coefficient (Wildman–Crippen LogP) is 3.04. The van der Waals surface area contributed by atoms with Gasteiger partial charge in [0, 0.05) is 11.3 Å². The van der Waals surface area contributed by atoms with Gasteiger partial charge in [-0.15, -0.1) is 0 Å². The van der Waals surface area contributed by atoms with E-state index in [1.54, 1.807) is 31.4 Å². The van der Waals surface area contributed by atoms with Gasteiger partial charge in [-0.2, -0.15) is 0 Å². The molecule has 0 aliphatic heterocycles. The first-order valence-electron chi connectivity index (χ1n) is 7.99. The summed E-state index contributed by atoms with van der Waals surface area (Å²) >= 11 is 1.07. The van der Waals surface area contributed by atoms with E-state index in [9.17, 15) is 9.90 Å². The molecule has 0 unspecified atom stereocenters. The first-order valence-corrected chi connectivity index (χ1v) is 8.87. The molecule has 0 aliphatic carbocycles. The lowest BCUT2D eigenvalue weighted by Gasteiger charge is -2.17. The van der Waals surface area contributed by atoms with Crippen molar-refractivity contribution in [3.63, 3.8) is 0 Å². The minimum Gasteiger partial charge on any atom is -0.549 e. The van der Waals surface area contributed by atoms with Crippen molar-refractivity contribution in [3.8, 4) is 17.0 Å². The topological polar surface area (TPSA) is 75.1 Å². The van der Waals surface area contributed by atoms with Crippen LogP contribution in [0.5, 0.6) is 5.75 Å². The quantitative estimate of drug-likeness (QED) is 0.494. The Morgan fingerprint density at radius 2 is 1.77 bits per heavy atom. The Labute approximate surface area is 156 Å². The van der Waals surface area contributed by atoms with E-state index in [0.29, 0.717) is 10.7 Å². The van der Waals surface area contributed by atoms with Crippen LogP contribution in [0.2, 0.25) is 0 Å². The molecule has 0 amide bonds. The molecule has 26 heavy (non-hydrogen) atoms. The zero-order valence-electron chi connectivity index (χ0n) is 14.4. The Kier molecular flexibility index (Phi) is 5.53. The molecule has 1 heterocycles. The molecule has 0 spiro atoms. The van der Waals surface area contributed by atoms with Gasteiger partial charge in [-0.25, -0.2) is 9.97 Å². The zero-order chi connectivity index (χ0) is 18.5. The van der Waals surface area contributed by atoms with Crippen LogP contribution in [0, 0.1) is 6.92 Å². The molecule has 0 radical (unpaired) electrons. The fourth-order valence-electron chi connectivity index (χ4n) is 2.49. The molecule has 2 aromatic carbocycles. The molecule has 0 fully saturated rings. The van der Waals surface area contributed by atoms with Crippen molar-refractivity contribution in [2.75, 3.05) is 7.11 Å². The highest BCUT2D eigenvalue weighted by molar-refractivity contribution is 8.00. The van der Waals surface area contributed by atoms with Gasteiger partial charge in [0.1, 0.15) is 5.75 Å². The van der Waals surface area contributed by atoms with E-state index in [1.807, 2.05) is 43.3 Å². The van der Waals surface area contributed by atoms with Crippen LogP contribution in [0.4, 0.5) is 0 Å². The maximum Gasteiger partial charge on any atom is 0.189 e. The Balaban J connectivity index is 1.92. The van der Waals surface area contributed by atoms with Gasteiger partial charge < -0.3 is 14.6 Å². The largest absolute Gasteiger partial charge is 0.549 e. The van der Waals surface area contributed by atoms with Crippen LogP contribution in [-0.2, 0) is 4.79 Å². The van der Waals surface area contributed by atoms with E-state index >= 15 is 0 Å². The Morgan fingerprint density at radius 3 is 2.38 bits per heavy atom. The fourth-order valence-corrected chi connectivity index (χ4v) is 3.44. The summed E-state index contributed by atoms with van der Waals surface area (Å²) in [6.45, 7) is 1.86. The number of methoxy groups -OCH3 is 1. The molecule has 0 saturated heterocycles. The van der Waals surface area contributed by atoms with E-state index in [2.05, 4.69) is 9.97 Å². The monoisotopic (exact) mass is 365 g/mol. The van der Waals surface area contributed by atoms with Gasteiger partial charge in [0.2, 0.25) is 0 Å². The van der Waals surface area contributed by atoms with Crippen molar-refractivity contribution in [1.82, 2.24) is 9.97 Å². The van der Waals surface area contributed by atoms with Crippen LogP contribution in [0.15, 0.2) is 65.8 Å². The fraction of sp³-hybridized carbons (Fsp3) is 0.150. The van der Waals surface area contributed by atoms with Crippen LogP contribution in [0.3, 0.4) is 0 Å². The number of carboxylic acids is 1. The highest BCUT2D eigenvalue weighted by Crippen LogP contribution is 2.34. The zero-order valence-corrected chi connectivity index (χ0v) is 15.2. The number of aromatic nitrogens is 2. The van der Waals surface area contributed by atoms with Crippen LogP contribution >= 0.6 is 11.8 Å². The number of carbonyl (C=O) groups excluding carboxylic acids is 1. The van der Waals surface area contributed by atoms with Crippen molar-refractivity contribution < 1.29 is 14.6 Å². The molecule has 0 saturated carbocycles. The van der Waals surface area contributed by atoms with Crippen molar-refractivity contribution in [3.05, 3.63) is 71.9 Å². The third-order valence-corrected chi connectivity index (χ3v) is 4.85. The molecule has 1 aromatic heterocycles. The molecule has 3 aromatic rings. The molecule has 0 aliphatic rings. The van der Waals surface area contributed by atoms with Crippen LogP contribution in [0.25, 0.3) is 11.3 Å². The summed E-state index contributed by atoms with van der Waals surface area (Å²) in [6, 6.07) is 18.3. The van der Waals surface area contributed by atoms with Crippen LogP contribution < -0.4 is 9.84 Å². The molecule has 0 bridgehead atoms. The first kappa shape index (κ1) is 17.9. The Hall–Kier alpha value is -2.86. The molecule has 6 heteroatoms. The van der Waals surface area contributed by atoms with Crippen molar-refractivity contribution in [2.45, 2.75) is 17.3 Å². The second kappa shape index (κ2) is 8.01. The minimum atomic E-state index is -1.17.